The SMILES string of the molecule is O=C(O)c1c(CCCCCCCCCF)ccc(O)c1O. The van der Waals surface area contributed by atoms with Crippen LogP contribution in [-0.4, -0.2) is 28.0 Å². The lowest BCUT2D eigenvalue weighted by atomic mass is 9.99. The Morgan fingerprint density at radius 2 is 1.52 bits per heavy atom. The zero-order valence-corrected chi connectivity index (χ0v) is 12.1. The van der Waals surface area contributed by atoms with E-state index in [1.807, 2.05) is 0 Å². The third kappa shape index (κ3) is 5.61. The summed E-state index contributed by atoms with van der Waals surface area (Å²) in [5, 5.41) is 28.0. The van der Waals surface area contributed by atoms with Crippen LogP contribution >= 0.6 is 0 Å². The van der Waals surface area contributed by atoms with E-state index in [0.29, 0.717) is 18.4 Å². The number of phenolic OH excluding ortho intramolecular Hbond substituents is 1. The number of carbonyl (C=O) groups is 1. The molecule has 1 rings (SSSR count). The Morgan fingerprint density at radius 3 is 2.10 bits per heavy atom. The maximum atomic E-state index is 11.9. The molecule has 0 aliphatic heterocycles. The number of rotatable bonds is 10. The summed E-state index contributed by atoms with van der Waals surface area (Å²) in [4.78, 5) is 11.1. The van der Waals surface area contributed by atoms with Crippen molar-refractivity contribution in [1.29, 1.82) is 0 Å². The number of carboxylic acids is 1. The van der Waals surface area contributed by atoms with Gasteiger partial charge in [-0.2, -0.15) is 0 Å². The molecule has 0 amide bonds. The van der Waals surface area contributed by atoms with E-state index >= 15 is 0 Å². The summed E-state index contributed by atoms with van der Waals surface area (Å²) in [6, 6.07) is 2.85. The third-order valence-corrected chi connectivity index (χ3v) is 3.54. The van der Waals surface area contributed by atoms with Gasteiger partial charge in [0.15, 0.2) is 11.5 Å². The number of aromatic hydroxyl groups is 2. The lowest BCUT2D eigenvalue weighted by Crippen LogP contribution is -2.03. The first-order valence-corrected chi connectivity index (χ1v) is 7.41. The van der Waals surface area contributed by atoms with Crippen molar-refractivity contribution >= 4 is 5.97 Å². The van der Waals surface area contributed by atoms with Gasteiger partial charge in [0.1, 0.15) is 5.56 Å². The molecule has 4 nitrogen and oxygen atoms in total. The van der Waals surface area contributed by atoms with Gasteiger partial charge in [-0.3, -0.25) is 4.39 Å². The summed E-state index contributed by atoms with van der Waals surface area (Å²) in [7, 11) is 0. The Balaban J connectivity index is 2.39. The monoisotopic (exact) mass is 298 g/mol. The molecule has 1 aromatic carbocycles. The van der Waals surface area contributed by atoms with E-state index in [9.17, 15) is 19.4 Å². The van der Waals surface area contributed by atoms with Gasteiger partial charge >= 0.3 is 5.97 Å². The van der Waals surface area contributed by atoms with Crippen LogP contribution in [0.3, 0.4) is 0 Å². The molecule has 0 aliphatic carbocycles. The summed E-state index contributed by atoms with van der Waals surface area (Å²) in [5.74, 6) is -2.21. The van der Waals surface area contributed by atoms with Crippen LogP contribution < -0.4 is 0 Å². The van der Waals surface area contributed by atoms with Crippen LogP contribution in [0.1, 0.15) is 60.9 Å². The fourth-order valence-electron chi connectivity index (χ4n) is 2.36. The lowest BCUT2D eigenvalue weighted by molar-refractivity contribution is 0.0691. The highest BCUT2D eigenvalue weighted by molar-refractivity contribution is 5.93. The number of unbranched alkanes of at least 4 members (excludes halogenated alkanes) is 6. The Morgan fingerprint density at radius 1 is 0.952 bits per heavy atom. The van der Waals surface area contributed by atoms with E-state index in [-0.39, 0.29) is 12.2 Å². The Labute approximate surface area is 124 Å². The zero-order chi connectivity index (χ0) is 15.7. The van der Waals surface area contributed by atoms with E-state index in [1.54, 1.807) is 6.07 Å². The number of hydrogen-bond acceptors (Lipinski definition) is 3. The van der Waals surface area contributed by atoms with Crippen molar-refractivity contribution in [2.75, 3.05) is 6.67 Å². The molecule has 0 unspecified atom stereocenters. The molecule has 0 radical (unpaired) electrons. The largest absolute Gasteiger partial charge is 0.504 e. The maximum Gasteiger partial charge on any atom is 0.339 e. The molecule has 0 atom stereocenters. The van der Waals surface area contributed by atoms with Gasteiger partial charge < -0.3 is 15.3 Å². The van der Waals surface area contributed by atoms with Crippen LogP contribution in [0.25, 0.3) is 0 Å². The van der Waals surface area contributed by atoms with Crippen molar-refractivity contribution in [1.82, 2.24) is 0 Å². The minimum Gasteiger partial charge on any atom is -0.504 e. The fraction of sp³-hybridized carbons (Fsp3) is 0.562. The quantitative estimate of drug-likeness (QED) is 0.450. The highest BCUT2D eigenvalue weighted by atomic mass is 19.1. The molecule has 0 aromatic heterocycles. The van der Waals surface area contributed by atoms with Crippen LogP contribution in [0.15, 0.2) is 12.1 Å². The van der Waals surface area contributed by atoms with Gasteiger partial charge in [-0.15, -0.1) is 0 Å². The number of hydrogen-bond donors (Lipinski definition) is 3. The third-order valence-electron chi connectivity index (χ3n) is 3.54. The van der Waals surface area contributed by atoms with Gasteiger partial charge in [0, 0.05) is 0 Å². The van der Waals surface area contributed by atoms with Crippen molar-refractivity contribution in [3.8, 4) is 11.5 Å². The molecule has 0 heterocycles. The van der Waals surface area contributed by atoms with Gasteiger partial charge in [-0.1, -0.05) is 38.2 Å². The Kier molecular flexibility index (Phi) is 7.58. The minimum absolute atomic E-state index is 0.210. The highest BCUT2D eigenvalue weighted by Gasteiger charge is 2.18. The number of benzene rings is 1. The van der Waals surface area contributed by atoms with E-state index < -0.39 is 17.5 Å². The molecule has 1 aromatic rings. The average Bonchev–Trinajstić information content (AvgIpc) is 2.45. The van der Waals surface area contributed by atoms with E-state index in [2.05, 4.69) is 0 Å². The zero-order valence-electron chi connectivity index (χ0n) is 12.1. The van der Waals surface area contributed by atoms with E-state index in [1.165, 1.54) is 6.07 Å². The van der Waals surface area contributed by atoms with Gasteiger partial charge in [0.2, 0.25) is 0 Å². The second kappa shape index (κ2) is 9.21. The van der Waals surface area contributed by atoms with Crippen LogP contribution in [0.5, 0.6) is 11.5 Å². The molecule has 0 saturated carbocycles. The summed E-state index contributed by atoms with van der Waals surface area (Å²) < 4.78 is 11.9. The van der Waals surface area contributed by atoms with E-state index in [0.717, 1.165) is 38.5 Å². The van der Waals surface area contributed by atoms with Crippen molar-refractivity contribution in [3.05, 3.63) is 23.3 Å². The minimum atomic E-state index is -1.23. The van der Waals surface area contributed by atoms with Gasteiger partial charge in [0.05, 0.1) is 6.67 Å². The second-order valence-electron chi connectivity index (χ2n) is 5.19. The summed E-state index contributed by atoms with van der Waals surface area (Å²) in [6.07, 6.45) is 7.04. The molecular formula is C16H23FO4. The first kappa shape index (κ1) is 17.3. The van der Waals surface area contributed by atoms with Crippen LogP contribution in [-0.2, 0) is 6.42 Å². The van der Waals surface area contributed by atoms with Crippen LogP contribution in [0, 0.1) is 0 Å². The van der Waals surface area contributed by atoms with Gasteiger partial charge in [0.25, 0.3) is 0 Å². The maximum absolute atomic E-state index is 11.9. The van der Waals surface area contributed by atoms with Gasteiger partial charge in [-0.05, 0) is 30.9 Å². The fourth-order valence-corrected chi connectivity index (χ4v) is 2.36. The molecule has 0 spiro atoms. The number of aromatic carboxylic acids is 1. The molecule has 118 valence electrons. The molecule has 0 saturated heterocycles. The van der Waals surface area contributed by atoms with Crippen LogP contribution in [0.2, 0.25) is 0 Å². The second-order valence-corrected chi connectivity index (χ2v) is 5.19. The number of aryl methyl sites for hydroxylation is 1. The molecule has 5 heteroatoms. The van der Waals surface area contributed by atoms with Crippen molar-refractivity contribution < 1.29 is 24.5 Å². The molecule has 21 heavy (non-hydrogen) atoms. The smallest absolute Gasteiger partial charge is 0.339 e. The highest BCUT2D eigenvalue weighted by Crippen LogP contribution is 2.32. The standard InChI is InChI=1S/C16H23FO4/c17-11-7-5-3-1-2-4-6-8-12-9-10-13(18)15(19)14(12)16(20)21/h9-10,18-19H,1-8,11H2,(H,20,21). The summed E-state index contributed by atoms with van der Waals surface area (Å²) in [5.41, 5.74) is 0.327. The van der Waals surface area contributed by atoms with Crippen molar-refractivity contribution in [3.63, 3.8) is 0 Å². The summed E-state index contributed by atoms with van der Waals surface area (Å²) in [6.45, 7) is -0.248. The van der Waals surface area contributed by atoms with Crippen molar-refractivity contribution in [2.24, 2.45) is 0 Å². The number of alkyl halides is 1. The molecule has 0 fully saturated rings. The summed E-state index contributed by atoms with van der Waals surface area (Å²) >= 11 is 0. The number of phenols is 2. The van der Waals surface area contributed by atoms with E-state index in [4.69, 9.17) is 5.11 Å². The number of halogens is 1. The van der Waals surface area contributed by atoms with Crippen LogP contribution in [0.4, 0.5) is 4.39 Å². The Hall–Kier alpha value is -1.78. The predicted molar refractivity (Wildman–Crippen MR) is 78.7 cm³/mol. The topological polar surface area (TPSA) is 77.8 Å². The van der Waals surface area contributed by atoms with Crippen molar-refractivity contribution in [2.45, 2.75) is 51.4 Å². The number of carboxylic acid groups (broad SMARTS) is 1. The first-order valence-electron chi connectivity index (χ1n) is 7.41. The molecule has 3 N–H and O–H groups in total. The van der Waals surface area contributed by atoms with Gasteiger partial charge in [-0.25, -0.2) is 4.79 Å². The lowest BCUT2D eigenvalue weighted by Gasteiger charge is -2.09. The molecular weight excluding hydrogens is 275 g/mol. The Bertz CT molecular complexity index is 460. The normalized spacial score (nSPS) is 10.7. The molecule has 0 bridgehead atoms. The average molecular weight is 298 g/mol. The predicted octanol–water partition coefficient (Wildman–Crippen LogP) is 4.04. The molecule has 0 aliphatic rings. The first-order chi connectivity index (χ1) is 10.1.